The van der Waals surface area contributed by atoms with Crippen LogP contribution in [0.15, 0.2) is 23.1 Å². The molecule has 1 aliphatic rings. The first-order valence-electron chi connectivity index (χ1n) is 7.09. The number of carbonyl (C=O) groups is 1. The first-order valence-corrected chi connectivity index (χ1v) is 8.57. The number of benzene rings is 1. The summed E-state index contributed by atoms with van der Waals surface area (Å²) in [6.45, 7) is 1.44. The molecule has 2 rings (SSSR count). The summed E-state index contributed by atoms with van der Waals surface area (Å²) in [6, 6.07) is 3.30. The zero-order valence-corrected chi connectivity index (χ0v) is 13.2. The van der Waals surface area contributed by atoms with Gasteiger partial charge < -0.3 is 11.1 Å². The third-order valence-electron chi connectivity index (χ3n) is 3.86. The summed E-state index contributed by atoms with van der Waals surface area (Å²) in [4.78, 5) is 10.9. The summed E-state index contributed by atoms with van der Waals surface area (Å²) in [5, 5.41) is 2.27. The molecule has 4 N–H and O–H groups in total. The minimum Gasteiger partial charge on any atom is -0.329 e. The molecule has 1 amide bonds. The Morgan fingerprint density at radius 2 is 2.00 bits per heavy atom. The Kier molecular flexibility index (Phi) is 4.84. The predicted octanol–water partition coefficient (Wildman–Crippen LogP) is 1.33. The summed E-state index contributed by atoms with van der Waals surface area (Å²) in [5.74, 6) is -1.17. The van der Waals surface area contributed by atoms with Crippen molar-refractivity contribution < 1.29 is 17.6 Å². The summed E-state index contributed by atoms with van der Waals surface area (Å²) in [6.07, 6.45) is 3.20. The molecule has 1 aromatic carbocycles. The standard InChI is InChI=1S/C14H20FN3O3S/c1-10(19)17-13-8-11(4-5-12(13)15)22(20,21)18-14(9-16)6-2-3-7-14/h4-5,8,18H,2-3,6-7,9,16H2,1H3,(H,17,19). The van der Waals surface area contributed by atoms with Crippen LogP contribution in [0.2, 0.25) is 0 Å². The van der Waals surface area contributed by atoms with E-state index >= 15 is 0 Å². The number of rotatable bonds is 5. The average molecular weight is 329 g/mol. The number of nitrogens with one attached hydrogen (secondary N) is 2. The zero-order valence-electron chi connectivity index (χ0n) is 12.4. The minimum absolute atomic E-state index is 0.0997. The third kappa shape index (κ3) is 3.63. The molecule has 0 heterocycles. The lowest BCUT2D eigenvalue weighted by Gasteiger charge is -2.28. The fraction of sp³-hybridized carbons (Fsp3) is 0.500. The molecule has 1 aromatic rings. The van der Waals surface area contributed by atoms with E-state index in [4.69, 9.17) is 5.73 Å². The van der Waals surface area contributed by atoms with E-state index in [1.165, 1.54) is 13.0 Å². The number of halogens is 1. The Morgan fingerprint density at radius 1 is 1.36 bits per heavy atom. The second-order valence-electron chi connectivity index (χ2n) is 5.62. The molecule has 0 atom stereocenters. The van der Waals surface area contributed by atoms with Crippen molar-refractivity contribution in [2.24, 2.45) is 5.73 Å². The van der Waals surface area contributed by atoms with Crippen molar-refractivity contribution in [3.63, 3.8) is 0 Å². The van der Waals surface area contributed by atoms with Crippen LogP contribution in [0, 0.1) is 5.82 Å². The van der Waals surface area contributed by atoms with E-state index in [1.807, 2.05) is 0 Å². The molecule has 0 unspecified atom stereocenters. The van der Waals surface area contributed by atoms with Crippen molar-refractivity contribution in [2.45, 2.75) is 43.0 Å². The van der Waals surface area contributed by atoms with Crippen LogP contribution in [0.25, 0.3) is 0 Å². The molecule has 6 nitrogen and oxygen atoms in total. The molecular weight excluding hydrogens is 309 g/mol. The summed E-state index contributed by atoms with van der Waals surface area (Å²) < 4.78 is 41.3. The van der Waals surface area contributed by atoms with Gasteiger partial charge in [-0.25, -0.2) is 17.5 Å². The lowest BCUT2D eigenvalue weighted by atomic mass is 10.0. The maximum Gasteiger partial charge on any atom is 0.241 e. The second kappa shape index (κ2) is 6.31. The van der Waals surface area contributed by atoms with Crippen LogP contribution in [0.3, 0.4) is 0 Å². The monoisotopic (exact) mass is 329 g/mol. The smallest absolute Gasteiger partial charge is 0.241 e. The molecule has 0 bridgehead atoms. The third-order valence-corrected chi connectivity index (χ3v) is 5.44. The number of hydrogen-bond donors (Lipinski definition) is 3. The van der Waals surface area contributed by atoms with E-state index in [9.17, 15) is 17.6 Å². The highest BCUT2D eigenvalue weighted by molar-refractivity contribution is 7.89. The highest BCUT2D eigenvalue weighted by atomic mass is 32.2. The van der Waals surface area contributed by atoms with Crippen LogP contribution in [0.5, 0.6) is 0 Å². The average Bonchev–Trinajstić information content (AvgIpc) is 2.89. The van der Waals surface area contributed by atoms with Crippen LogP contribution < -0.4 is 15.8 Å². The molecule has 0 spiro atoms. The SMILES string of the molecule is CC(=O)Nc1cc(S(=O)(=O)NC2(CN)CCCC2)ccc1F. The normalized spacial score (nSPS) is 17.4. The first kappa shape index (κ1) is 16.9. The molecule has 122 valence electrons. The van der Waals surface area contributed by atoms with Gasteiger partial charge in [0.15, 0.2) is 0 Å². The summed E-state index contributed by atoms with van der Waals surface area (Å²) >= 11 is 0. The van der Waals surface area contributed by atoms with Crippen molar-refractivity contribution >= 4 is 21.6 Å². The van der Waals surface area contributed by atoms with Gasteiger partial charge in [0.2, 0.25) is 15.9 Å². The van der Waals surface area contributed by atoms with Gasteiger partial charge in [-0.2, -0.15) is 0 Å². The lowest BCUT2D eigenvalue weighted by Crippen LogP contribution is -2.51. The topological polar surface area (TPSA) is 101 Å². The fourth-order valence-electron chi connectivity index (χ4n) is 2.70. The van der Waals surface area contributed by atoms with E-state index in [-0.39, 0.29) is 17.1 Å². The molecule has 0 aliphatic heterocycles. The van der Waals surface area contributed by atoms with Gasteiger partial charge in [0, 0.05) is 19.0 Å². The number of carbonyl (C=O) groups excluding carboxylic acids is 1. The summed E-state index contributed by atoms with van der Waals surface area (Å²) in [7, 11) is -3.84. The maximum absolute atomic E-state index is 13.6. The Labute approximate surface area is 129 Å². The van der Waals surface area contributed by atoms with Gasteiger partial charge in [0.05, 0.1) is 10.6 Å². The highest BCUT2D eigenvalue weighted by Gasteiger charge is 2.36. The molecule has 0 radical (unpaired) electrons. The molecule has 1 aliphatic carbocycles. The Bertz CT molecular complexity index is 670. The fourth-order valence-corrected chi connectivity index (χ4v) is 4.20. The molecule has 1 fully saturated rings. The maximum atomic E-state index is 13.6. The van der Waals surface area contributed by atoms with E-state index in [0.717, 1.165) is 25.0 Å². The van der Waals surface area contributed by atoms with E-state index in [0.29, 0.717) is 12.8 Å². The predicted molar refractivity (Wildman–Crippen MR) is 81.3 cm³/mol. The first-order chi connectivity index (χ1) is 10.3. The lowest BCUT2D eigenvalue weighted by molar-refractivity contribution is -0.114. The number of amides is 1. The second-order valence-corrected chi connectivity index (χ2v) is 7.30. The minimum atomic E-state index is -3.84. The van der Waals surface area contributed by atoms with Gasteiger partial charge in [-0.15, -0.1) is 0 Å². The molecular formula is C14H20FN3O3S. The van der Waals surface area contributed by atoms with Crippen molar-refractivity contribution in [1.29, 1.82) is 0 Å². The Hall–Kier alpha value is -1.51. The number of nitrogens with two attached hydrogens (primary N) is 1. The molecule has 22 heavy (non-hydrogen) atoms. The van der Waals surface area contributed by atoms with Crippen LogP contribution in [0.4, 0.5) is 10.1 Å². The molecule has 0 aromatic heterocycles. The van der Waals surface area contributed by atoms with Crippen molar-refractivity contribution in [3.8, 4) is 0 Å². The van der Waals surface area contributed by atoms with Gasteiger partial charge >= 0.3 is 0 Å². The van der Waals surface area contributed by atoms with Crippen LogP contribution in [0.1, 0.15) is 32.6 Å². The van der Waals surface area contributed by atoms with Crippen molar-refractivity contribution in [3.05, 3.63) is 24.0 Å². The van der Waals surface area contributed by atoms with E-state index in [1.54, 1.807) is 0 Å². The van der Waals surface area contributed by atoms with Gasteiger partial charge in [0.1, 0.15) is 5.82 Å². The van der Waals surface area contributed by atoms with E-state index < -0.39 is 27.3 Å². The Morgan fingerprint density at radius 3 is 2.55 bits per heavy atom. The Balaban J connectivity index is 2.31. The number of hydrogen-bond acceptors (Lipinski definition) is 4. The number of anilines is 1. The largest absolute Gasteiger partial charge is 0.329 e. The number of sulfonamides is 1. The van der Waals surface area contributed by atoms with Gasteiger partial charge in [-0.3, -0.25) is 4.79 Å². The molecule has 0 saturated heterocycles. The van der Waals surface area contributed by atoms with Gasteiger partial charge in [-0.05, 0) is 31.0 Å². The van der Waals surface area contributed by atoms with Gasteiger partial charge in [0.25, 0.3) is 0 Å². The molecule has 8 heteroatoms. The van der Waals surface area contributed by atoms with Gasteiger partial charge in [-0.1, -0.05) is 12.8 Å². The highest BCUT2D eigenvalue weighted by Crippen LogP contribution is 2.31. The quantitative estimate of drug-likeness (QED) is 0.758. The van der Waals surface area contributed by atoms with Crippen LogP contribution in [-0.4, -0.2) is 26.4 Å². The van der Waals surface area contributed by atoms with Crippen LogP contribution in [-0.2, 0) is 14.8 Å². The summed E-state index contributed by atoms with van der Waals surface area (Å²) in [5.41, 5.74) is 4.93. The molecule has 1 saturated carbocycles. The van der Waals surface area contributed by atoms with E-state index in [2.05, 4.69) is 10.0 Å². The van der Waals surface area contributed by atoms with Crippen molar-refractivity contribution in [1.82, 2.24) is 4.72 Å². The zero-order chi connectivity index (χ0) is 16.4. The van der Waals surface area contributed by atoms with Crippen molar-refractivity contribution in [2.75, 3.05) is 11.9 Å². The van der Waals surface area contributed by atoms with Crippen LogP contribution >= 0.6 is 0 Å².